The summed E-state index contributed by atoms with van der Waals surface area (Å²) < 4.78 is 1.05. The third-order valence-corrected chi connectivity index (χ3v) is 3.87. The van der Waals surface area contributed by atoms with Crippen LogP contribution in [0.2, 0.25) is 0 Å². The van der Waals surface area contributed by atoms with Crippen molar-refractivity contribution >= 4 is 22.0 Å². The molecule has 1 aromatic carbocycles. The fourth-order valence-electron chi connectivity index (χ4n) is 2.08. The van der Waals surface area contributed by atoms with Crippen molar-refractivity contribution in [1.82, 2.24) is 10.2 Å². The molecule has 86 valence electrons. The zero-order valence-electron chi connectivity index (χ0n) is 9.46. The van der Waals surface area contributed by atoms with Crippen LogP contribution in [0.15, 0.2) is 28.7 Å². The van der Waals surface area contributed by atoms with Crippen molar-refractivity contribution < 1.29 is 4.79 Å². The van der Waals surface area contributed by atoms with Crippen molar-refractivity contribution in [3.63, 3.8) is 0 Å². The Morgan fingerprint density at radius 1 is 1.50 bits per heavy atom. The Morgan fingerprint density at radius 3 is 2.94 bits per heavy atom. The highest BCUT2D eigenvalue weighted by Gasteiger charge is 2.37. The minimum atomic E-state index is -0.216. The Balaban J connectivity index is 2.40. The number of nitrogens with zero attached hydrogens (tertiary/aromatic N) is 1. The monoisotopic (exact) mass is 282 g/mol. The van der Waals surface area contributed by atoms with Crippen LogP contribution in [-0.4, -0.2) is 24.5 Å². The average Bonchev–Trinajstić information content (AvgIpc) is 2.26. The molecule has 1 aliphatic heterocycles. The van der Waals surface area contributed by atoms with Gasteiger partial charge in [-0.25, -0.2) is 4.79 Å². The summed E-state index contributed by atoms with van der Waals surface area (Å²) in [6.45, 7) is 2.83. The fourth-order valence-corrected chi connectivity index (χ4v) is 2.48. The van der Waals surface area contributed by atoms with E-state index in [9.17, 15) is 4.79 Å². The van der Waals surface area contributed by atoms with Gasteiger partial charge < -0.3 is 10.2 Å². The molecule has 4 heteroatoms. The number of carbonyl (C=O) groups is 1. The first-order valence-corrected chi connectivity index (χ1v) is 6.11. The van der Waals surface area contributed by atoms with E-state index in [1.54, 1.807) is 4.90 Å². The lowest BCUT2D eigenvalue weighted by Crippen LogP contribution is -2.55. The lowest BCUT2D eigenvalue weighted by Gasteiger charge is -2.43. The molecule has 0 saturated carbocycles. The van der Waals surface area contributed by atoms with Crippen molar-refractivity contribution in [3.8, 4) is 0 Å². The summed E-state index contributed by atoms with van der Waals surface area (Å²) in [7, 11) is 1.84. The molecule has 1 heterocycles. The van der Waals surface area contributed by atoms with E-state index in [1.807, 2.05) is 19.2 Å². The van der Waals surface area contributed by atoms with Gasteiger partial charge in [-0.2, -0.15) is 0 Å². The van der Waals surface area contributed by atoms with Crippen LogP contribution in [-0.2, 0) is 5.54 Å². The van der Waals surface area contributed by atoms with Gasteiger partial charge in [0.15, 0.2) is 0 Å². The van der Waals surface area contributed by atoms with E-state index in [1.165, 1.54) is 5.56 Å². The quantitative estimate of drug-likeness (QED) is 0.844. The van der Waals surface area contributed by atoms with Crippen LogP contribution in [0.3, 0.4) is 0 Å². The van der Waals surface area contributed by atoms with Gasteiger partial charge in [-0.15, -0.1) is 0 Å². The third kappa shape index (κ3) is 1.82. The number of nitrogens with one attached hydrogen (secondary N) is 1. The zero-order valence-corrected chi connectivity index (χ0v) is 11.0. The lowest BCUT2D eigenvalue weighted by molar-refractivity contribution is 0.117. The molecular weight excluding hydrogens is 268 g/mol. The van der Waals surface area contributed by atoms with Gasteiger partial charge in [0.25, 0.3) is 0 Å². The molecule has 1 aliphatic rings. The summed E-state index contributed by atoms with van der Waals surface area (Å²) in [5, 5.41) is 2.85. The molecule has 1 unspecified atom stereocenters. The van der Waals surface area contributed by atoms with Gasteiger partial charge >= 0.3 is 6.03 Å². The predicted molar refractivity (Wildman–Crippen MR) is 67.3 cm³/mol. The molecule has 1 saturated heterocycles. The molecule has 1 N–H and O–H groups in total. The van der Waals surface area contributed by atoms with Crippen LogP contribution < -0.4 is 5.32 Å². The zero-order chi connectivity index (χ0) is 11.8. The first kappa shape index (κ1) is 11.5. The Labute approximate surface area is 104 Å². The number of carbonyl (C=O) groups excluding carboxylic acids is 1. The van der Waals surface area contributed by atoms with Gasteiger partial charge in [0, 0.05) is 18.1 Å². The van der Waals surface area contributed by atoms with E-state index in [4.69, 9.17) is 0 Å². The number of hydrogen-bond acceptors (Lipinski definition) is 1. The highest BCUT2D eigenvalue weighted by atomic mass is 79.9. The van der Waals surface area contributed by atoms with Gasteiger partial charge in [-0.1, -0.05) is 28.1 Å². The maximum absolute atomic E-state index is 11.7. The minimum Gasteiger partial charge on any atom is -0.338 e. The molecule has 1 atom stereocenters. The number of rotatable bonds is 1. The topological polar surface area (TPSA) is 32.3 Å². The largest absolute Gasteiger partial charge is 0.338 e. The summed E-state index contributed by atoms with van der Waals surface area (Å²) in [6, 6.07) is 8.14. The second-order valence-corrected chi connectivity index (χ2v) is 5.24. The number of halogens is 1. The van der Waals surface area contributed by atoms with E-state index in [0.29, 0.717) is 0 Å². The standard InChI is InChI=1S/C12H15BrN2O/c1-12(6-7-14-11(16)15(12)2)9-4-3-5-10(13)8-9/h3-5,8H,6-7H2,1-2H3,(H,14,16). The van der Waals surface area contributed by atoms with Crippen molar-refractivity contribution in [1.29, 1.82) is 0 Å². The van der Waals surface area contributed by atoms with Crippen molar-refractivity contribution in [2.45, 2.75) is 18.9 Å². The second-order valence-electron chi connectivity index (χ2n) is 4.33. The molecule has 2 rings (SSSR count). The molecule has 3 nitrogen and oxygen atoms in total. The highest BCUT2D eigenvalue weighted by molar-refractivity contribution is 9.10. The predicted octanol–water partition coefficient (Wildman–Crippen LogP) is 2.71. The summed E-state index contributed by atoms with van der Waals surface area (Å²) >= 11 is 3.47. The van der Waals surface area contributed by atoms with E-state index in [-0.39, 0.29) is 11.6 Å². The van der Waals surface area contributed by atoms with E-state index in [0.717, 1.165) is 17.4 Å². The molecule has 0 bridgehead atoms. The summed E-state index contributed by atoms with van der Waals surface area (Å²) in [4.78, 5) is 13.4. The van der Waals surface area contributed by atoms with Crippen LogP contribution in [0.1, 0.15) is 18.9 Å². The molecule has 0 aromatic heterocycles. The Bertz CT molecular complexity index is 421. The van der Waals surface area contributed by atoms with Crippen molar-refractivity contribution in [3.05, 3.63) is 34.3 Å². The fraction of sp³-hybridized carbons (Fsp3) is 0.417. The van der Waals surface area contributed by atoms with Crippen molar-refractivity contribution in [2.24, 2.45) is 0 Å². The van der Waals surface area contributed by atoms with Gasteiger partial charge in [0.1, 0.15) is 0 Å². The van der Waals surface area contributed by atoms with E-state index >= 15 is 0 Å². The van der Waals surface area contributed by atoms with Crippen LogP contribution in [0.25, 0.3) is 0 Å². The molecule has 1 aromatic rings. The van der Waals surface area contributed by atoms with Crippen LogP contribution in [0, 0.1) is 0 Å². The number of urea groups is 1. The molecule has 0 aliphatic carbocycles. The van der Waals surface area contributed by atoms with E-state index in [2.05, 4.69) is 40.3 Å². The maximum atomic E-state index is 11.7. The SMILES string of the molecule is CN1C(=O)NCCC1(C)c1cccc(Br)c1. The van der Waals surface area contributed by atoms with Gasteiger partial charge in [0.05, 0.1) is 5.54 Å². The molecular formula is C12H15BrN2O. The summed E-state index contributed by atoms with van der Waals surface area (Å²) in [5.74, 6) is 0. The van der Waals surface area contributed by atoms with Crippen LogP contribution in [0.5, 0.6) is 0 Å². The average molecular weight is 283 g/mol. The van der Waals surface area contributed by atoms with Gasteiger partial charge in [0.2, 0.25) is 0 Å². The molecule has 1 fully saturated rings. The number of hydrogen-bond donors (Lipinski definition) is 1. The lowest BCUT2D eigenvalue weighted by atomic mass is 9.86. The smallest absolute Gasteiger partial charge is 0.317 e. The third-order valence-electron chi connectivity index (χ3n) is 3.38. The molecule has 16 heavy (non-hydrogen) atoms. The Morgan fingerprint density at radius 2 is 2.25 bits per heavy atom. The Kier molecular flexibility index (Phi) is 2.93. The minimum absolute atomic E-state index is 0.00581. The summed E-state index contributed by atoms with van der Waals surface area (Å²) in [6.07, 6.45) is 0.922. The van der Waals surface area contributed by atoms with Gasteiger partial charge in [-0.05, 0) is 31.0 Å². The first-order valence-electron chi connectivity index (χ1n) is 5.32. The number of amides is 2. The van der Waals surface area contributed by atoms with Crippen LogP contribution in [0.4, 0.5) is 4.79 Å². The molecule has 0 radical (unpaired) electrons. The highest BCUT2D eigenvalue weighted by Crippen LogP contribution is 2.33. The molecule has 2 amide bonds. The first-order chi connectivity index (χ1) is 7.54. The normalized spacial score (nSPS) is 25.4. The van der Waals surface area contributed by atoms with Gasteiger partial charge in [-0.3, -0.25) is 0 Å². The second kappa shape index (κ2) is 4.09. The van der Waals surface area contributed by atoms with Crippen molar-refractivity contribution in [2.75, 3.05) is 13.6 Å². The summed E-state index contributed by atoms with van der Waals surface area (Å²) in [5.41, 5.74) is 0.950. The van der Waals surface area contributed by atoms with Crippen LogP contribution >= 0.6 is 15.9 Å². The maximum Gasteiger partial charge on any atom is 0.317 e. The van der Waals surface area contributed by atoms with E-state index < -0.39 is 0 Å². The molecule has 0 spiro atoms. The number of benzene rings is 1. The Hall–Kier alpha value is -1.03.